The van der Waals surface area contributed by atoms with Gasteiger partial charge in [-0.15, -0.1) is 0 Å². The Morgan fingerprint density at radius 2 is 1.56 bits per heavy atom. The van der Waals surface area contributed by atoms with Crippen molar-refractivity contribution in [2.24, 2.45) is 0 Å². The zero-order chi connectivity index (χ0) is 12.9. The summed E-state index contributed by atoms with van der Waals surface area (Å²) >= 11 is 0. The van der Waals surface area contributed by atoms with Gasteiger partial charge in [0.2, 0.25) is 17.7 Å². The summed E-state index contributed by atoms with van der Waals surface area (Å²) in [6.45, 7) is 7.76. The van der Waals surface area contributed by atoms with Gasteiger partial charge in [0.05, 0.1) is 6.04 Å². The SMILES string of the molecule is CCC(NC(C)=O)C(C)N(C(C)=O)C(C)=O. The smallest absolute Gasteiger partial charge is 0.226 e. The molecule has 1 N–H and O–H groups in total. The molecule has 16 heavy (non-hydrogen) atoms. The monoisotopic (exact) mass is 228 g/mol. The van der Waals surface area contributed by atoms with Crippen molar-refractivity contribution in [1.82, 2.24) is 10.2 Å². The Hall–Kier alpha value is -1.39. The van der Waals surface area contributed by atoms with Crippen LogP contribution in [0.4, 0.5) is 0 Å². The normalized spacial score (nSPS) is 13.8. The second-order valence-electron chi connectivity index (χ2n) is 3.86. The number of nitrogens with one attached hydrogen (secondary N) is 1. The van der Waals surface area contributed by atoms with Gasteiger partial charge in [0.1, 0.15) is 0 Å². The van der Waals surface area contributed by atoms with E-state index in [4.69, 9.17) is 0 Å². The van der Waals surface area contributed by atoms with Gasteiger partial charge >= 0.3 is 0 Å². The highest BCUT2D eigenvalue weighted by molar-refractivity contribution is 5.93. The Morgan fingerprint density at radius 3 is 1.81 bits per heavy atom. The van der Waals surface area contributed by atoms with E-state index in [0.717, 1.165) is 0 Å². The van der Waals surface area contributed by atoms with Gasteiger partial charge in [-0.1, -0.05) is 6.92 Å². The number of carbonyl (C=O) groups excluding carboxylic acids is 3. The molecule has 0 fully saturated rings. The highest BCUT2D eigenvalue weighted by atomic mass is 16.2. The molecule has 0 spiro atoms. The van der Waals surface area contributed by atoms with E-state index in [1.54, 1.807) is 6.92 Å². The molecule has 92 valence electrons. The van der Waals surface area contributed by atoms with Crippen LogP contribution in [0.5, 0.6) is 0 Å². The highest BCUT2D eigenvalue weighted by Gasteiger charge is 2.27. The molecule has 5 nitrogen and oxygen atoms in total. The fraction of sp³-hybridized carbons (Fsp3) is 0.727. The van der Waals surface area contributed by atoms with Crippen molar-refractivity contribution in [3.05, 3.63) is 0 Å². The van der Waals surface area contributed by atoms with E-state index < -0.39 is 0 Å². The minimum atomic E-state index is -0.330. The second kappa shape index (κ2) is 6.25. The van der Waals surface area contributed by atoms with Gasteiger partial charge < -0.3 is 5.32 Å². The number of amides is 3. The zero-order valence-corrected chi connectivity index (χ0v) is 10.5. The largest absolute Gasteiger partial charge is 0.352 e. The summed E-state index contributed by atoms with van der Waals surface area (Å²) in [5.41, 5.74) is 0. The summed E-state index contributed by atoms with van der Waals surface area (Å²) in [6.07, 6.45) is 0.664. The lowest BCUT2D eigenvalue weighted by Gasteiger charge is -2.31. The van der Waals surface area contributed by atoms with Crippen LogP contribution in [0, 0.1) is 0 Å². The molecule has 5 heteroatoms. The van der Waals surface area contributed by atoms with E-state index in [-0.39, 0.29) is 29.8 Å². The summed E-state index contributed by atoms with van der Waals surface area (Å²) in [5.74, 6) is -0.765. The van der Waals surface area contributed by atoms with Crippen molar-refractivity contribution in [3.8, 4) is 0 Å². The standard InChI is InChI=1S/C11H20N2O3/c1-6-11(12-8(3)14)7(2)13(9(4)15)10(5)16/h7,11H,6H2,1-5H3,(H,12,14). The molecule has 0 aliphatic rings. The first kappa shape index (κ1) is 14.6. The summed E-state index contributed by atoms with van der Waals surface area (Å²) in [6, 6.07) is -0.533. The highest BCUT2D eigenvalue weighted by Crippen LogP contribution is 2.08. The third-order valence-corrected chi connectivity index (χ3v) is 2.50. The molecule has 0 saturated heterocycles. The lowest BCUT2D eigenvalue weighted by Crippen LogP contribution is -2.52. The minimum absolute atomic E-state index is 0.161. The number of hydrogen-bond donors (Lipinski definition) is 1. The average Bonchev–Trinajstić information content (AvgIpc) is 2.12. The number of imide groups is 1. The third kappa shape index (κ3) is 4.00. The van der Waals surface area contributed by atoms with Gasteiger partial charge in [0, 0.05) is 26.8 Å². The van der Waals surface area contributed by atoms with Crippen LogP contribution >= 0.6 is 0 Å². The summed E-state index contributed by atoms with van der Waals surface area (Å²) in [5, 5.41) is 2.73. The first-order chi connectivity index (χ1) is 7.31. The maximum Gasteiger partial charge on any atom is 0.226 e. The van der Waals surface area contributed by atoms with Crippen LogP contribution in [0.1, 0.15) is 41.0 Å². The molecular weight excluding hydrogens is 208 g/mol. The van der Waals surface area contributed by atoms with Gasteiger partial charge in [-0.3, -0.25) is 19.3 Å². The predicted molar refractivity (Wildman–Crippen MR) is 60.6 cm³/mol. The lowest BCUT2D eigenvalue weighted by molar-refractivity contribution is -0.145. The average molecular weight is 228 g/mol. The maximum absolute atomic E-state index is 11.3. The van der Waals surface area contributed by atoms with Crippen molar-refractivity contribution >= 4 is 17.7 Å². The summed E-state index contributed by atoms with van der Waals surface area (Å²) < 4.78 is 0. The molecule has 0 aromatic rings. The van der Waals surface area contributed by atoms with Crippen molar-refractivity contribution in [1.29, 1.82) is 0 Å². The van der Waals surface area contributed by atoms with E-state index in [2.05, 4.69) is 5.32 Å². The number of hydrogen-bond acceptors (Lipinski definition) is 3. The van der Waals surface area contributed by atoms with Crippen LogP contribution in [0.2, 0.25) is 0 Å². The molecule has 0 heterocycles. The number of rotatable bonds is 4. The van der Waals surface area contributed by atoms with Crippen molar-refractivity contribution in [2.45, 2.75) is 53.1 Å². The molecule has 2 atom stereocenters. The van der Waals surface area contributed by atoms with Crippen molar-refractivity contribution in [3.63, 3.8) is 0 Å². The number of carbonyl (C=O) groups is 3. The first-order valence-corrected chi connectivity index (χ1v) is 5.38. The second-order valence-corrected chi connectivity index (χ2v) is 3.86. The van der Waals surface area contributed by atoms with E-state index in [0.29, 0.717) is 6.42 Å². The first-order valence-electron chi connectivity index (χ1n) is 5.38. The Labute approximate surface area is 96.2 Å². The Morgan fingerprint density at radius 1 is 1.12 bits per heavy atom. The van der Waals surface area contributed by atoms with E-state index in [1.807, 2.05) is 6.92 Å². The van der Waals surface area contributed by atoms with Crippen LogP contribution in [0.3, 0.4) is 0 Å². The Bertz CT molecular complexity index is 275. The van der Waals surface area contributed by atoms with Crippen LogP contribution in [0.25, 0.3) is 0 Å². The molecular formula is C11H20N2O3. The molecule has 0 saturated carbocycles. The van der Waals surface area contributed by atoms with Gasteiger partial charge in [0.15, 0.2) is 0 Å². The lowest BCUT2D eigenvalue weighted by atomic mass is 10.1. The topological polar surface area (TPSA) is 66.5 Å². The van der Waals surface area contributed by atoms with Crippen molar-refractivity contribution in [2.75, 3.05) is 0 Å². The molecule has 0 aromatic heterocycles. The van der Waals surface area contributed by atoms with E-state index in [1.165, 1.54) is 25.7 Å². The van der Waals surface area contributed by atoms with Crippen LogP contribution < -0.4 is 5.32 Å². The zero-order valence-electron chi connectivity index (χ0n) is 10.5. The van der Waals surface area contributed by atoms with Gasteiger partial charge in [-0.25, -0.2) is 0 Å². The Kier molecular flexibility index (Phi) is 5.71. The van der Waals surface area contributed by atoms with E-state index >= 15 is 0 Å². The molecule has 0 rings (SSSR count). The van der Waals surface area contributed by atoms with Gasteiger partial charge in [-0.05, 0) is 13.3 Å². The molecule has 0 aromatic carbocycles. The van der Waals surface area contributed by atoms with Crippen LogP contribution in [-0.2, 0) is 14.4 Å². The molecule has 0 bridgehead atoms. The molecule has 0 radical (unpaired) electrons. The fourth-order valence-electron chi connectivity index (χ4n) is 1.80. The van der Waals surface area contributed by atoms with Crippen LogP contribution in [-0.4, -0.2) is 34.7 Å². The predicted octanol–water partition coefficient (Wildman–Crippen LogP) is 0.685. The van der Waals surface area contributed by atoms with Gasteiger partial charge in [0.25, 0.3) is 0 Å². The molecule has 0 aliphatic heterocycles. The van der Waals surface area contributed by atoms with E-state index in [9.17, 15) is 14.4 Å². The summed E-state index contributed by atoms with van der Waals surface area (Å²) in [7, 11) is 0. The molecule has 2 unspecified atom stereocenters. The third-order valence-electron chi connectivity index (χ3n) is 2.50. The quantitative estimate of drug-likeness (QED) is 0.769. The van der Waals surface area contributed by atoms with Gasteiger partial charge in [-0.2, -0.15) is 0 Å². The van der Waals surface area contributed by atoms with Crippen LogP contribution in [0.15, 0.2) is 0 Å². The Balaban J connectivity index is 4.81. The molecule has 0 aliphatic carbocycles. The van der Waals surface area contributed by atoms with Crippen molar-refractivity contribution < 1.29 is 14.4 Å². The fourth-order valence-corrected chi connectivity index (χ4v) is 1.80. The minimum Gasteiger partial charge on any atom is -0.352 e. The summed E-state index contributed by atoms with van der Waals surface area (Å²) in [4.78, 5) is 34.8. The molecule has 3 amide bonds. The number of nitrogens with zero attached hydrogens (tertiary/aromatic N) is 1. The maximum atomic E-state index is 11.3.